The van der Waals surface area contributed by atoms with Gasteiger partial charge < -0.3 is 10.0 Å². The van der Waals surface area contributed by atoms with Gasteiger partial charge in [-0.15, -0.1) is 0 Å². The van der Waals surface area contributed by atoms with Crippen LogP contribution < -0.4 is 0 Å². The first kappa shape index (κ1) is 20.3. The molecule has 1 aromatic carbocycles. The zero-order valence-electron chi connectivity index (χ0n) is 16.9. The number of aromatic nitrogens is 4. The fraction of sp³-hybridized carbons (Fsp3) is 0.333. The first-order valence-electron chi connectivity index (χ1n) is 9.47. The third-order valence-corrected chi connectivity index (χ3v) is 4.96. The molecular formula is C21H25N5O3. The molecule has 0 aliphatic rings. The Labute approximate surface area is 169 Å². The van der Waals surface area contributed by atoms with Crippen molar-refractivity contribution in [3.05, 3.63) is 65.2 Å². The Morgan fingerprint density at radius 2 is 1.90 bits per heavy atom. The van der Waals surface area contributed by atoms with E-state index >= 15 is 0 Å². The molecule has 0 radical (unpaired) electrons. The molecule has 0 unspecified atom stereocenters. The maximum Gasteiger partial charge on any atom is 0.303 e. The zero-order valence-corrected chi connectivity index (χ0v) is 16.9. The Balaban J connectivity index is 1.70. The Morgan fingerprint density at radius 3 is 2.52 bits per heavy atom. The van der Waals surface area contributed by atoms with Crippen molar-refractivity contribution < 1.29 is 14.7 Å². The lowest BCUT2D eigenvalue weighted by Crippen LogP contribution is -2.30. The first-order chi connectivity index (χ1) is 13.9. The molecule has 0 atom stereocenters. The molecule has 0 spiro atoms. The molecule has 0 fully saturated rings. The summed E-state index contributed by atoms with van der Waals surface area (Å²) in [5.74, 6) is -0.879. The van der Waals surface area contributed by atoms with Gasteiger partial charge in [0.1, 0.15) is 0 Å². The highest BCUT2D eigenvalue weighted by Crippen LogP contribution is 2.20. The summed E-state index contributed by atoms with van der Waals surface area (Å²) in [6.07, 6.45) is 4.11. The van der Waals surface area contributed by atoms with E-state index < -0.39 is 5.97 Å². The maximum absolute atomic E-state index is 12.6. The summed E-state index contributed by atoms with van der Waals surface area (Å²) in [5, 5.41) is 17.6. The summed E-state index contributed by atoms with van der Waals surface area (Å²) in [5.41, 5.74) is 4.12. The largest absolute Gasteiger partial charge is 0.481 e. The lowest BCUT2D eigenvalue weighted by atomic mass is 10.1. The lowest BCUT2D eigenvalue weighted by molar-refractivity contribution is -0.136. The number of likely N-dealkylation sites (N-methyl/N-ethyl adjacent to an activating group) is 1. The predicted molar refractivity (Wildman–Crippen MR) is 108 cm³/mol. The molecule has 0 bridgehead atoms. The standard InChI is InChI=1S/C21H25N5O3/c1-15-19(9-10-20(27)28)16(2)26(23-15)18-7-5-17(6-8-18)21(29)24(3)13-14-25-12-4-11-22-25/h4-8,11-12H,9-10,13-14H2,1-3H3,(H,27,28). The lowest BCUT2D eigenvalue weighted by Gasteiger charge is -2.17. The molecular weight excluding hydrogens is 370 g/mol. The van der Waals surface area contributed by atoms with E-state index in [0.717, 1.165) is 22.6 Å². The normalized spacial score (nSPS) is 10.9. The number of hydrogen-bond acceptors (Lipinski definition) is 4. The number of rotatable bonds is 8. The summed E-state index contributed by atoms with van der Waals surface area (Å²) < 4.78 is 3.58. The van der Waals surface area contributed by atoms with Crippen molar-refractivity contribution >= 4 is 11.9 Å². The van der Waals surface area contributed by atoms with E-state index in [-0.39, 0.29) is 12.3 Å². The SMILES string of the molecule is Cc1nn(-c2ccc(C(=O)N(C)CCn3cccn3)cc2)c(C)c1CCC(=O)O. The quantitative estimate of drug-likeness (QED) is 0.632. The van der Waals surface area contributed by atoms with Gasteiger partial charge in [0.05, 0.1) is 17.9 Å². The van der Waals surface area contributed by atoms with Crippen molar-refractivity contribution in [2.75, 3.05) is 13.6 Å². The van der Waals surface area contributed by atoms with Gasteiger partial charge in [-0.05, 0) is 56.2 Å². The van der Waals surface area contributed by atoms with Gasteiger partial charge in [-0.25, -0.2) is 4.68 Å². The van der Waals surface area contributed by atoms with Crippen molar-refractivity contribution in [1.29, 1.82) is 0 Å². The minimum absolute atomic E-state index is 0.0563. The predicted octanol–water partition coefficient (Wildman–Crippen LogP) is 2.48. The van der Waals surface area contributed by atoms with Crippen molar-refractivity contribution in [3.8, 4) is 5.69 Å². The number of benzene rings is 1. The Hall–Kier alpha value is -3.42. The second-order valence-corrected chi connectivity index (χ2v) is 7.00. The van der Waals surface area contributed by atoms with Gasteiger partial charge in [0, 0.05) is 43.7 Å². The summed E-state index contributed by atoms with van der Waals surface area (Å²) in [7, 11) is 1.77. The van der Waals surface area contributed by atoms with Crippen LogP contribution in [-0.2, 0) is 17.8 Å². The maximum atomic E-state index is 12.6. The van der Waals surface area contributed by atoms with E-state index in [1.54, 1.807) is 39.6 Å². The fourth-order valence-electron chi connectivity index (χ4n) is 3.27. The second-order valence-electron chi connectivity index (χ2n) is 7.00. The van der Waals surface area contributed by atoms with Crippen LogP contribution in [0.3, 0.4) is 0 Å². The highest BCUT2D eigenvalue weighted by molar-refractivity contribution is 5.94. The third kappa shape index (κ3) is 4.71. The van der Waals surface area contributed by atoms with Crippen molar-refractivity contribution in [1.82, 2.24) is 24.5 Å². The highest BCUT2D eigenvalue weighted by Gasteiger charge is 2.15. The molecule has 1 amide bonds. The number of nitrogens with zero attached hydrogens (tertiary/aromatic N) is 5. The van der Waals surface area contributed by atoms with E-state index in [1.165, 1.54) is 0 Å². The van der Waals surface area contributed by atoms with Crippen LogP contribution in [0.2, 0.25) is 0 Å². The Bertz CT molecular complexity index is 990. The van der Waals surface area contributed by atoms with Crippen molar-refractivity contribution in [3.63, 3.8) is 0 Å². The van der Waals surface area contributed by atoms with Gasteiger partial charge in [0.15, 0.2) is 0 Å². The number of amides is 1. The minimum Gasteiger partial charge on any atom is -0.481 e. The molecule has 2 heterocycles. The highest BCUT2D eigenvalue weighted by atomic mass is 16.4. The molecule has 8 nitrogen and oxygen atoms in total. The Morgan fingerprint density at radius 1 is 1.17 bits per heavy atom. The molecule has 3 rings (SSSR count). The molecule has 0 saturated heterocycles. The second kappa shape index (κ2) is 8.72. The van der Waals surface area contributed by atoms with E-state index in [9.17, 15) is 9.59 Å². The topological polar surface area (TPSA) is 93.3 Å². The van der Waals surface area contributed by atoms with Crippen molar-refractivity contribution in [2.45, 2.75) is 33.2 Å². The molecule has 2 aromatic heterocycles. The molecule has 8 heteroatoms. The molecule has 0 aliphatic carbocycles. The molecule has 0 saturated carbocycles. The van der Waals surface area contributed by atoms with Gasteiger partial charge in [0.2, 0.25) is 0 Å². The van der Waals surface area contributed by atoms with Crippen LogP contribution in [0.15, 0.2) is 42.7 Å². The number of aliphatic carboxylic acids is 1. The number of aryl methyl sites for hydroxylation is 1. The number of carboxylic acids is 1. The summed E-state index contributed by atoms with van der Waals surface area (Å²) in [6.45, 7) is 5.01. The van der Waals surface area contributed by atoms with Crippen LogP contribution in [-0.4, -0.2) is 55.0 Å². The van der Waals surface area contributed by atoms with Crippen LogP contribution in [0.4, 0.5) is 0 Å². The average molecular weight is 395 g/mol. The van der Waals surface area contributed by atoms with Crippen LogP contribution in [0.5, 0.6) is 0 Å². The number of carbonyl (C=O) groups excluding carboxylic acids is 1. The van der Waals surface area contributed by atoms with Gasteiger partial charge in [-0.3, -0.25) is 14.3 Å². The van der Waals surface area contributed by atoms with Crippen LogP contribution in [0, 0.1) is 13.8 Å². The summed E-state index contributed by atoms with van der Waals surface area (Å²) in [6, 6.07) is 9.14. The molecule has 152 valence electrons. The van der Waals surface area contributed by atoms with Gasteiger partial charge in [-0.2, -0.15) is 10.2 Å². The van der Waals surface area contributed by atoms with E-state index in [4.69, 9.17) is 5.11 Å². The average Bonchev–Trinajstić information content (AvgIpc) is 3.32. The third-order valence-electron chi connectivity index (χ3n) is 4.96. The molecule has 29 heavy (non-hydrogen) atoms. The van der Waals surface area contributed by atoms with E-state index in [2.05, 4.69) is 10.2 Å². The molecule has 3 aromatic rings. The number of carbonyl (C=O) groups is 2. The summed E-state index contributed by atoms with van der Waals surface area (Å²) >= 11 is 0. The zero-order chi connectivity index (χ0) is 21.0. The smallest absolute Gasteiger partial charge is 0.303 e. The van der Waals surface area contributed by atoms with E-state index in [0.29, 0.717) is 25.1 Å². The van der Waals surface area contributed by atoms with Crippen molar-refractivity contribution in [2.24, 2.45) is 0 Å². The fourth-order valence-corrected chi connectivity index (χ4v) is 3.27. The van der Waals surface area contributed by atoms with Crippen LogP contribution in [0.25, 0.3) is 5.69 Å². The van der Waals surface area contributed by atoms with Gasteiger partial charge in [0.25, 0.3) is 5.91 Å². The molecule has 0 aliphatic heterocycles. The van der Waals surface area contributed by atoms with Crippen LogP contribution in [0.1, 0.15) is 33.7 Å². The first-order valence-corrected chi connectivity index (χ1v) is 9.47. The molecule has 1 N–H and O–H groups in total. The number of carboxylic acid groups (broad SMARTS) is 1. The Kier molecular flexibility index (Phi) is 6.11. The summed E-state index contributed by atoms with van der Waals surface area (Å²) in [4.78, 5) is 25.2. The van der Waals surface area contributed by atoms with Gasteiger partial charge >= 0.3 is 5.97 Å². The minimum atomic E-state index is -0.823. The monoisotopic (exact) mass is 395 g/mol. The van der Waals surface area contributed by atoms with E-state index in [1.807, 2.05) is 38.2 Å². The van der Waals surface area contributed by atoms with Gasteiger partial charge in [-0.1, -0.05) is 0 Å². The van der Waals surface area contributed by atoms with Crippen LogP contribution >= 0.6 is 0 Å². The number of hydrogen-bond donors (Lipinski definition) is 1.